The smallest absolute Gasteiger partial charge is 0.123 e. The molecule has 0 unspecified atom stereocenters. The summed E-state index contributed by atoms with van der Waals surface area (Å²) in [5, 5.41) is 0. The van der Waals surface area contributed by atoms with Gasteiger partial charge in [0, 0.05) is 45.0 Å². The number of nitrogens with zero attached hydrogens (tertiary/aromatic N) is 3. The maximum atomic E-state index is 12.9. The Morgan fingerprint density at radius 2 is 1.93 bits per heavy atom. The maximum Gasteiger partial charge on any atom is 0.123 e. The van der Waals surface area contributed by atoms with Crippen LogP contribution in [0.25, 0.3) is 0 Å². The summed E-state index contributed by atoms with van der Waals surface area (Å²) in [5.41, 5.74) is 1.17. The molecule has 2 atom stereocenters. The monoisotopic (exact) mass is 369 g/mol. The molecule has 144 valence electrons. The molecule has 1 aromatic carbocycles. The topological polar surface area (TPSA) is 28.6 Å². The molecule has 0 aliphatic carbocycles. The van der Waals surface area contributed by atoms with Gasteiger partial charge in [-0.1, -0.05) is 6.07 Å². The first-order valence-corrected chi connectivity index (χ1v) is 10.0. The van der Waals surface area contributed by atoms with Crippen molar-refractivity contribution in [2.45, 2.75) is 31.8 Å². The van der Waals surface area contributed by atoms with Gasteiger partial charge in [-0.25, -0.2) is 4.39 Å². The first-order chi connectivity index (χ1) is 13.3. The lowest BCUT2D eigenvalue weighted by Gasteiger charge is -2.35. The molecule has 5 heteroatoms. The van der Waals surface area contributed by atoms with E-state index in [9.17, 15) is 4.39 Å². The minimum atomic E-state index is -0.224. The van der Waals surface area contributed by atoms with Crippen molar-refractivity contribution in [3.63, 3.8) is 0 Å². The van der Waals surface area contributed by atoms with Gasteiger partial charge in [0.1, 0.15) is 11.6 Å². The second-order valence-corrected chi connectivity index (χ2v) is 7.76. The summed E-state index contributed by atoms with van der Waals surface area (Å²) in [4.78, 5) is 9.74. The summed E-state index contributed by atoms with van der Waals surface area (Å²) in [7, 11) is 0. The van der Waals surface area contributed by atoms with Crippen LogP contribution in [0.15, 0.2) is 48.7 Å². The maximum absolute atomic E-state index is 12.9. The summed E-state index contributed by atoms with van der Waals surface area (Å²) in [5.74, 6) is 1.28. The Bertz CT molecular complexity index is 709. The van der Waals surface area contributed by atoms with E-state index in [2.05, 4.69) is 26.9 Å². The van der Waals surface area contributed by atoms with E-state index in [4.69, 9.17) is 4.74 Å². The highest BCUT2D eigenvalue weighted by molar-refractivity contribution is 5.21. The van der Waals surface area contributed by atoms with Crippen molar-refractivity contribution in [3.8, 4) is 5.75 Å². The number of hydrogen-bond acceptors (Lipinski definition) is 4. The molecule has 3 saturated heterocycles. The summed E-state index contributed by atoms with van der Waals surface area (Å²) in [6, 6.07) is 13.1. The number of aromatic nitrogens is 1. The zero-order chi connectivity index (χ0) is 18.5. The van der Waals surface area contributed by atoms with E-state index >= 15 is 0 Å². The Morgan fingerprint density at radius 1 is 1.04 bits per heavy atom. The van der Waals surface area contributed by atoms with Gasteiger partial charge in [0.25, 0.3) is 0 Å². The Kier molecular flexibility index (Phi) is 6.00. The van der Waals surface area contributed by atoms with Gasteiger partial charge in [0.2, 0.25) is 0 Å². The first-order valence-electron chi connectivity index (χ1n) is 10.0. The normalized spacial score (nSPS) is 23.3. The fraction of sp³-hybridized carbons (Fsp3) is 0.500. The second-order valence-electron chi connectivity index (χ2n) is 7.76. The number of hydrogen-bond donors (Lipinski definition) is 0. The van der Waals surface area contributed by atoms with E-state index in [1.165, 1.54) is 43.8 Å². The number of ether oxygens (including phenoxy) is 1. The highest BCUT2D eigenvalue weighted by Gasteiger charge is 2.34. The molecular weight excluding hydrogens is 341 g/mol. The van der Waals surface area contributed by atoms with Crippen molar-refractivity contribution >= 4 is 0 Å². The van der Waals surface area contributed by atoms with Gasteiger partial charge in [-0.2, -0.15) is 0 Å². The number of benzene rings is 1. The van der Waals surface area contributed by atoms with Crippen molar-refractivity contribution in [2.24, 2.45) is 5.92 Å². The van der Waals surface area contributed by atoms with Crippen LogP contribution >= 0.6 is 0 Å². The lowest BCUT2D eigenvalue weighted by Crippen LogP contribution is -2.43. The van der Waals surface area contributed by atoms with Crippen LogP contribution in [0.5, 0.6) is 5.75 Å². The summed E-state index contributed by atoms with van der Waals surface area (Å²) in [6.07, 6.45) is 5.52. The van der Waals surface area contributed by atoms with Crippen molar-refractivity contribution in [1.82, 2.24) is 14.8 Å². The number of halogens is 1. The minimum absolute atomic E-state index is 0.224. The highest BCUT2D eigenvalue weighted by atomic mass is 19.1. The molecule has 1 aromatic heterocycles. The summed E-state index contributed by atoms with van der Waals surface area (Å²) in [6.45, 7) is 6.21. The SMILES string of the molecule is Fc1ccc(OCCCN2C[C@H]3CC[C@@H](C2)N(Cc2ccccn2)C3)cc1. The zero-order valence-corrected chi connectivity index (χ0v) is 15.8. The first kappa shape index (κ1) is 18.4. The van der Waals surface area contributed by atoms with Gasteiger partial charge in [0.05, 0.1) is 12.3 Å². The van der Waals surface area contributed by atoms with E-state index < -0.39 is 0 Å². The number of pyridine rings is 1. The predicted molar refractivity (Wildman–Crippen MR) is 104 cm³/mol. The number of fused-ring (bicyclic) bond motifs is 4. The van der Waals surface area contributed by atoms with Gasteiger partial charge in [-0.3, -0.25) is 9.88 Å². The summed E-state index contributed by atoms with van der Waals surface area (Å²) < 4.78 is 18.7. The van der Waals surface area contributed by atoms with Gasteiger partial charge in [-0.15, -0.1) is 0 Å². The highest BCUT2D eigenvalue weighted by Crippen LogP contribution is 2.29. The standard InChI is InChI=1S/C22H28FN3O/c23-19-6-9-22(10-7-19)27-13-3-12-25-14-18-5-8-21(17-25)26(15-18)16-20-4-1-2-11-24-20/h1-2,4,6-7,9-11,18,21H,3,5,8,12-17H2/t18-,21+/m1/s1. The van der Waals surface area contributed by atoms with E-state index in [0.29, 0.717) is 12.6 Å². The summed E-state index contributed by atoms with van der Waals surface area (Å²) >= 11 is 0. The van der Waals surface area contributed by atoms with E-state index in [-0.39, 0.29) is 5.82 Å². The fourth-order valence-corrected chi connectivity index (χ4v) is 4.36. The fourth-order valence-electron chi connectivity index (χ4n) is 4.36. The number of piperidine rings is 1. The third kappa shape index (κ3) is 5.05. The minimum Gasteiger partial charge on any atom is -0.494 e. The van der Waals surface area contributed by atoms with Crippen LogP contribution in [-0.2, 0) is 6.54 Å². The zero-order valence-electron chi connectivity index (χ0n) is 15.8. The Labute approximate surface area is 161 Å². The van der Waals surface area contributed by atoms with Gasteiger partial charge >= 0.3 is 0 Å². The van der Waals surface area contributed by atoms with E-state index in [1.807, 2.05) is 12.3 Å². The van der Waals surface area contributed by atoms with Crippen LogP contribution in [0.3, 0.4) is 0 Å². The molecule has 3 aliphatic rings. The van der Waals surface area contributed by atoms with Gasteiger partial charge < -0.3 is 9.64 Å². The van der Waals surface area contributed by atoms with Gasteiger partial charge in [0.15, 0.2) is 0 Å². The van der Waals surface area contributed by atoms with Gasteiger partial charge in [-0.05, 0) is 61.6 Å². The van der Waals surface area contributed by atoms with Crippen LogP contribution in [0.4, 0.5) is 4.39 Å². The molecule has 4 heterocycles. The average molecular weight is 369 g/mol. The Balaban J connectivity index is 1.25. The molecule has 3 fully saturated rings. The molecule has 4 nitrogen and oxygen atoms in total. The second kappa shape index (κ2) is 8.81. The van der Waals surface area contributed by atoms with Crippen molar-refractivity contribution in [3.05, 3.63) is 60.2 Å². The Morgan fingerprint density at radius 3 is 2.74 bits per heavy atom. The van der Waals surface area contributed by atoms with Crippen LogP contribution in [0, 0.1) is 11.7 Å². The molecule has 0 saturated carbocycles. The molecule has 0 N–H and O–H groups in total. The van der Waals surface area contributed by atoms with Crippen LogP contribution < -0.4 is 4.74 Å². The van der Waals surface area contributed by atoms with Crippen LogP contribution in [0.1, 0.15) is 25.0 Å². The molecule has 2 aromatic rings. The van der Waals surface area contributed by atoms with Crippen molar-refractivity contribution < 1.29 is 9.13 Å². The molecule has 3 aliphatic heterocycles. The third-order valence-electron chi connectivity index (χ3n) is 5.69. The van der Waals surface area contributed by atoms with Crippen LogP contribution in [-0.4, -0.2) is 53.6 Å². The molecular formula is C22H28FN3O. The Hall–Kier alpha value is -1.98. The van der Waals surface area contributed by atoms with Crippen molar-refractivity contribution in [2.75, 3.05) is 32.8 Å². The average Bonchev–Trinajstić information content (AvgIpc) is 2.98. The predicted octanol–water partition coefficient (Wildman–Crippen LogP) is 3.59. The molecule has 0 spiro atoms. The lowest BCUT2D eigenvalue weighted by molar-refractivity contribution is 0.121. The lowest BCUT2D eigenvalue weighted by atomic mass is 9.95. The molecule has 0 amide bonds. The molecule has 27 heavy (non-hydrogen) atoms. The van der Waals surface area contributed by atoms with E-state index in [0.717, 1.165) is 37.7 Å². The molecule has 2 bridgehead atoms. The molecule has 0 radical (unpaired) electrons. The van der Waals surface area contributed by atoms with Crippen molar-refractivity contribution in [1.29, 1.82) is 0 Å². The molecule has 5 rings (SSSR count). The van der Waals surface area contributed by atoms with E-state index in [1.54, 1.807) is 12.1 Å². The quantitative estimate of drug-likeness (QED) is 0.698. The number of rotatable bonds is 7. The van der Waals surface area contributed by atoms with Crippen LogP contribution in [0.2, 0.25) is 0 Å². The largest absolute Gasteiger partial charge is 0.494 e. The third-order valence-corrected chi connectivity index (χ3v) is 5.69.